The van der Waals surface area contributed by atoms with Crippen molar-refractivity contribution < 1.29 is 19.1 Å². The fourth-order valence-electron chi connectivity index (χ4n) is 5.53. The molecule has 202 valence electrons. The van der Waals surface area contributed by atoms with Crippen molar-refractivity contribution in [2.45, 2.75) is 50.6 Å². The number of nitrogens with one attached hydrogen (secondary N) is 2. The number of rotatable bonds is 9. The van der Waals surface area contributed by atoms with Gasteiger partial charge < -0.3 is 19.8 Å². The molecule has 0 aliphatic heterocycles. The predicted octanol–water partition coefficient (Wildman–Crippen LogP) is 5.95. The average molecular weight is 526 g/mol. The molecule has 2 N–H and O–H groups in total. The summed E-state index contributed by atoms with van der Waals surface area (Å²) in [7, 11) is 3.17. The molecule has 4 aromatic rings. The molecule has 5 rings (SSSR count). The molecule has 1 aliphatic rings. The summed E-state index contributed by atoms with van der Waals surface area (Å²) in [5.74, 6) is 0.708. The molecule has 1 saturated carbocycles. The third-order valence-corrected chi connectivity index (χ3v) is 7.50. The summed E-state index contributed by atoms with van der Waals surface area (Å²) >= 11 is 0. The second-order valence-corrected chi connectivity index (χ2v) is 9.99. The van der Waals surface area contributed by atoms with Gasteiger partial charge in [0.2, 0.25) is 11.8 Å². The number of benzene rings is 3. The maximum absolute atomic E-state index is 14.3. The first-order valence-corrected chi connectivity index (χ1v) is 13.5. The molecular weight excluding hydrogens is 490 g/mol. The molecule has 7 heteroatoms. The Bertz CT molecular complexity index is 1440. The van der Waals surface area contributed by atoms with Crippen molar-refractivity contribution in [1.82, 2.24) is 10.3 Å². The molecule has 3 aromatic carbocycles. The lowest BCUT2D eigenvalue weighted by atomic mass is 9.94. The number of ether oxygens (including phenoxy) is 2. The van der Waals surface area contributed by atoms with Crippen molar-refractivity contribution >= 4 is 28.4 Å². The highest BCUT2D eigenvalue weighted by atomic mass is 16.5. The van der Waals surface area contributed by atoms with Crippen molar-refractivity contribution in [3.05, 3.63) is 90.1 Å². The highest BCUT2D eigenvalue weighted by molar-refractivity contribution is 6.04. The first-order chi connectivity index (χ1) is 19.1. The summed E-state index contributed by atoms with van der Waals surface area (Å²) in [6.45, 7) is 0. The maximum atomic E-state index is 14.3. The average Bonchev–Trinajstić information content (AvgIpc) is 3.38. The number of fused-ring (bicyclic) bond motifs is 1. The first-order valence-electron chi connectivity index (χ1n) is 13.5. The van der Waals surface area contributed by atoms with E-state index in [-0.39, 0.29) is 24.3 Å². The van der Waals surface area contributed by atoms with Crippen LogP contribution in [-0.2, 0) is 16.0 Å². The van der Waals surface area contributed by atoms with Gasteiger partial charge in [-0.25, -0.2) is 0 Å². The Hall–Kier alpha value is -4.26. The van der Waals surface area contributed by atoms with E-state index in [0.29, 0.717) is 22.7 Å². The Morgan fingerprint density at radius 3 is 2.51 bits per heavy atom. The standard InChI is InChI=1S/C32H35N3O4/c1-38-25-14-10-11-22(19-25)31(32(37)34-24-12-4-3-5-13-24)35(28-17-8-9-18-29(28)39-2)30(36)20-23-21-33-27-16-7-6-15-26(23)27/h6-11,14-19,21,24,31,33H,3-5,12-13,20H2,1-2H3,(H,34,37)/t31-/m1/s1. The molecule has 1 atom stereocenters. The van der Waals surface area contributed by atoms with Gasteiger partial charge in [0.1, 0.15) is 17.5 Å². The minimum atomic E-state index is -0.920. The number of nitrogens with zero attached hydrogens (tertiary/aromatic N) is 1. The number of anilines is 1. The Labute approximate surface area is 229 Å². The molecule has 0 bridgehead atoms. The largest absolute Gasteiger partial charge is 0.497 e. The van der Waals surface area contributed by atoms with Crippen LogP contribution in [0.3, 0.4) is 0 Å². The van der Waals surface area contributed by atoms with Crippen LogP contribution in [-0.4, -0.2) is 37.1 Å². The smallest absolute Gasteiger partial charge is 0.248 e. The lowest BCUT2D eigenvalue weighted by molar-refractivity contribution is -0.127. The second-order valence-electron chi connectivity index (χ2n) is 9.99. The molecule has 1 aliphatic carbocycles. The molecule has 39 heavy (non-hydrogen) atoms. The number of aromatic amines is 1. The number of methoxy groups -OCH3 is 2. The van der Waals surface area contributed by atoms with Crippen LogP contribution in [0.5, 0.6) is 11.5 Å². The monoisotopic (exact) mass is 525 g/mol. The summed E-state index contributed by atoms with van der Waals surface area (Å²) in [5, 5.41) is 4.25. The maximum Gasteiger partial charge on any atom is 0.248 e. The molecule has 0 unspecified atom stereocenters. The topological polar surface area (TPSA) is 83.7 Å². The summed E-state index contributed by atoms with van der Waals surface area (Å²) in [5.41, 5.74) is 3.04. The van der Waals surface area contributed by atoms with Gasteiger partial charge in [-0.3, -0.25) is 14.5 Å². The minimum Gasteiger partial charge on any atom is -0.497 e. The van der Waals surface area contributed by atoms with E-state index in [9.17, 15) is 9.59 Å². The van der Waals surface area contributed by atoms with Crippen molar-refractivity contribution in [1.29, 1.82) is 0 Å². The molecule has 1 heterocycles. The second kappa shape index (κ2) is 12.1. The van der Waals surface area contributed by atoms with E-state index in [0.717, 1.165) is 42.1 Å². The van der Waals surface area contributed by atoms with Gasteiger partial charge in [-0.15, -0.1) is 0 Å². The normalized spacial score (nSPS) is 14.5. The number of carbonyl (C=O) groups excluding carboxylic acids is 2. The number of para-hydroxylation sites is 3. The zero-order valence-electron chi connectivity index (χ0n) is 22.5. The molecule has 7 nitrogen and oxygen atoms in total. The zero-order valence-corrected chi connectivity index (χ0v) is 22.5. The van der Waals surface area contributed by atoms with Gasteiger partial charge in [0.05, 0.1) is 26.3 Å². The third-order valence-electron chi connectivity index (χ3n) is 7.50. The van der Waals surface area contributed by atoms with E-state index in [2.05, 4.69) is 10.3 Å². The van der Waals surface area contributed by atoms with Gasteiger partial charge in [-0.2, -0.15) is 0 Å². The van der Waals surface area contributed by atoms with E-state index in [4.69, 9.17) is 9.47 Å². The van der Waals surface area contributed by atoms with E-state index < -0.39 is 6.04 Å². The van der Waals surface area contributed by atoms with E-state index >= 15 is 0 Å². The van der Waals surface area contributed by atoms with Gasteiger partial charge in [0.15, 0.2) is 0 Å². The molecule has 0 spiro atoms. The Kier molecular flexibility index (Phi) is 8.16. The lowest BCUT2D eigenvalue weighted by Crippen LogP contribution is -2.47. The fourth-order valence-corrected chi connectivity index (χ4v) is 5.53. The highest BCUT2D eigenvalue weighted by Crippen LogP contribution is 2.37. The lowest BCUT2D eigenvalue weighted by Gasteiger charge is -2.34. The summed E-state index contributed by atoms with van der Waals surface area (Å²) < 4.78 is 11.2. The molecule has 1 aromatic heterocycles. The highest BCUT2D eigenvalue weighted by Gasteiger charge is 2.36. The van der Waals surface area contributed by atoms with Gasteiger partial charge in [-0.1, -0.05) is 61.7 Å². The van der Waals surface area contributed by atoms with Gasteiger partial charge in [-0.05, 0) is 54.3 Å². The Morgan fingerprint density at radius 1 is 0.949 bits per heavy atom. The Balaban J connectivity index is 1.60. The third kappa shape index (κ3) is 5.77. The van der Waals surface area contributed by atoms with Crippen molar-refractivity contribution in [3.8, 4) is 11.5 Å². The van der Waals surface area contributed by atoms with Crippen molar-refractivity contribution in [3.63, 3.8) is 0 Å². The van der Waals surface area contributed by atoms with Crippen molar-refractivity contribution in [2.75, 3.05) is 19.1 Å². The van der Waals surface area contributed by atoms with Crippen LogP contribution in [0.25, 0.3) is 10.9 Å². The van der Waals surface area contributed by atoms with Crippen LogP contribution in [0.2, 0.25) is 0 Å². The van der Waals surface area contributed by atoms with Gasteiger partial charge >= 0.3 is 0 Å². The summed E-state index contributed by atoms with van der Waals surface area (Å²) in [6, 6.07) is 21.8. The molecule has 0 saturated heterocycles. The summed E-state index contributed by atoms with van der Waals surface area (Å²) in [4.78, 5) is 33.3. The van der Waals surface area contributed by atoms with Gasteiger partial charge in [0, 0.05) is 23.1 Å². The van der Waals surface area contributed by atoms with Crippen LogP contribution in [0.15, 0.2) is 79.0 Å². The van der Waals surface area contributed by atoms with E-state index in [1.807, 2.05) is 79.0 Å². The Morgan fingerprint density at radius 2 is 1.72 bits per heavy atom. The summed E-state index contributed by atoms with van der Waals surface area (Å²) in [6.07, 6.45) is 7.21. The number of hydrogen-bond acceptors (Lipinski definition) is 4. The molecule has 0 radical (unpaired) electrons. The number of aromatic nitrogens is 1. The van der Waals surface area contributed by atoms with Crippen LogP contribution in [0, 0.1) is 0 Å². The van der Waals surface area contributed by atoms with Crippen LogP contribution >= 0.6 is 0 Å². The number of carbonyl (C=O) groups is 2. The zero-order chi connectivity index (χ0) is 27.2. The van der Waals surface area contributed by atoms with Crippen LogP contribution < -0.4 is 19.7 Å². The van der Waals surface area contributed by atoms with Crippen LogP contribution in [0.1, 0.15) is 49.3 Å². The van der Waals surface area contributed by atoms with Crippen LogP contribution in [0.4, 0.5) is 5.69 Å². The number of hydrogen-bond donors (Lipinski definition) is 2. The molecular formula is C32H35N3O4. The first kappa shape index (κ1) is 26.4. The molecule has 1 fully saturated rings. The van der Waals surface area contributed by atoms with Gasteiger partial charge in [0.25, 0.3) is 0 Å². The van der Waals surface area contributed by atoms with Crippen molar-refractivity contribution in [2.24, 2.45) is 0 Å². The molecule has 2 amide bonds. The number of H-pyrrole nitrogens is 1. The quantitative estimate of drug-likeness (QED) is 0.283. The SMILES string of the molecule is COc1cccc([C@H](C(=O)NC2CCCCC2)N(C(=O)Cc2c[nH]c3ccccc23)c2ccccc2OC)c1. The minimum absolute atomic E-state index is 0.0857. The van der Waals surface area contributed by atoms with E-state index in [1.165, 1.54) is 6.42 Å². The van der Waals surface area contributed by atoms with E-state index in [1.54, 1.807) is 19.1 Å². The number of amides is 2. The fraction of sp³-hybridized carbons (Fsp3) is 0.312. The predicted molar refractivity (Wildman–Crippen MR) is 153 cm³/mol.